The average Bonchev–Trinajstić information content (AvgIpc) is 3.15. The number of halogens is 1. The van der Waals surface area contributed by atoms with Crippen molar-refractivity contribution in [2.75, 3.05) is 45.4 Å². The lowest BCUT2D eigenvalue weighted by atomic mass is 9.63. The smallest absolute Gasteiger partial charge is 0.264 e. The van der Waals surface area contributed by atoms with Crippen LogP contribution in [0.5, 0.6) is 5.75 Å². The van der Waals surface area contributed by atoms with Gasteiger partial charge in [-0.05, 0) is 111 Å². The zero-order valence-electron chi connectivity index (χ0n) is 26.9. The average molecular weight is 659 g/mol. The van der Waals surface area contributed by atoms with Crippen molar-refractivity contribution in [2.45, 2.75) is 81.5 Å². The lowest BCUT2D eigenvalue weighted by Crippen LogP contribution is -2.55. The topological polar surface area (TPSA) is 94.2 Å². The summed E-state index contributed by atoms with van der Waals surface area (Å²) in [5.41, 5.74) is 2.98. The van der Waals surface area contributed by atoms with Crippen LogP contribution in [0.4, 0.5) is 5.69 Å². The Morgan fingerprint density at radius 1 is 1.07 bits per heavy atom. The Bertz CT molecular complexity index is 1530. The second-order valence-corrected chi connectivity index (χ2v) is 16.5. The molecule has 2 aliphatic heterocycles. The first-order chi connectivity index (χ1) is 21.5. The molecule has 0 radical (unpaired) electrons. The van der Waals surface area contributed by atoms with Crippen LogP contribution in [0, 0.1) is 17.8 Å². The summed E-state index contributed by atoms with van der Waals surface area (Å²) in [7, 11) is -0.380. The number of rotatable bonds is 3. The third kappa shape index (κ3) is 6.10. The largest absolute Gasteiger partial charge is 0.490 e. The number of amides is 1. The quantitative estimate of drug-likeness (QED) is 0.424. The van der Waals surface area contributed by atoms with Gasteiger partial charge >= 0.3 is 0 Å². The number of nitrogens with zero attached hydrogens (tertiary/aromatic N) is 1. The zero-order valence-corrected chi connectivity index (χ0v) is 28.5. The molecule has 2 bridgehead atoms. The highest BCUT2D eigenvalue weighted by Crippen LogP contribution is 2.50. The molecule has 2 heterocycles. The van der Waals surface area contributed by atoms with Crippen LogP contribution in [0.2, 0.25) is 5.02 Å². The van der Waals surface area contributed by atoms with Gasteiger partial charge in [-0.2, -0.15) is 0 Å². The summed E-state index contributed by atoms with van der Waals surface area (Å²) < 4.78 is 47.9. The summed E-state index contributed by atoms with van der Waals surface area (Å²) in [6.45, 7) is 6.13. The van der Waals surface area contributed by atoms with Crippen molar-refractivity contribution in [3.8, 4) is 5.75 Å². The Labute approximate surface area is 273 Å². The molecule has 6 rings (SSSR count). The molecule has 45 heavy (non-hydrogen) atoms. The summed E-state index contributed by atoms with van der Waals surface area (Å²) >= 11 is 6.44. The van der Waals surface area contributed by atoms with Gasteiger partial charge in [-0.15, -0.1) is 0 Å². The molecule has 1 saturated carbocycles. The van der Waals surface area contributed by atoms with E-state index in [2.05, 4.69) is 21.8 Å². The Balaban J connectivity index is 1.44. The first kappa shape index (κ1) is 32.6. The summed E-state index contributed by atoms with van der Waals surface area (Å²) in [5, 5.41) is 0.0138. The fraction of sp³-hybridized carbons (Fsp3) is 0.629. The van der Waals surface area contributed by atoms with E-state index in [9.17, 15) is 13.2 Å². The summed E-state index contributed by atoms with van der Waals surface area (Å²) in [4.78, 5) is 15.9. The van der Waals surface area contributed by atoms with Crippen molar-refractivity contribution in [3.63, 3.8) is 0 Å². The molecule has 2 aliphatic carbocycles. The number of fused-ring (bicyclic) bond motifs is 4. The van der Waals surface area contributed by atoms with Crippen molar-refractivity contribution in [3.05, 3.63) is 58.1 Å². The Kier molecular flexibility index (Phi) is 9.20. The SMILES string of the molecule is COC[C@]1(OC)CCC[C@H](C)[C@@H](C)S(=O)(=O)NC(=O)c2ccc3c(c2)N(C[C@@H]2CC[C@H]21)C[C@@]1(CCCc2cc(Cl)ccc21)CO3. The number of aryl methyl sites for hydroxylation is 1. The van der Waals surface area contributed by atoms with Crippen LogP contribution >= 0.6 is 11.6 Å². The molecule has 0 unspecified atom stereocenters. The minimum absolute atomic E-state index is 0.141. The summed E-state index contributed by atoms with van der Waals surface area (Å²) in [5.74, 6) is 0.609. The van der Waals surface area contributed by atoms with Crippen molar-refractivity contribution < 1.29 is 27.4 Å². The van der Waals surface area contributed by atoms with E-state index in [-0.39, 0.29) is 11.3 Å². The van der Waals surface area contributed by atoms with Gasteiger partial charge in [-0.3, -0.25) is 4.79 Å². The van der Waals surface area contributed by atoms with Crippen LogP contribution in [-0.2, 0) is 31.3 Å². The van der Waals surface area contributed by atoms with E-state index in [4.69, 9.17) is 25.8 Å². The van der Waals surface area contributed by atoms with Gasteiger partial charge in [0, 0.05) is 43.3 Å². The lowest BCUT2D eigenvalue weighted by Gasteiger charge is -2.51. The van der Waals surface area contributed by atoms with E-state index in [0.29, 0.717) is 42.8 Å². The van der Waals surface area contributed by atoms with E-state index in [0.717, 1.165) is 68.7 Å². The molecule has 10 heteroatoms. The molecule has 8 nitrogen and oxygen atoms in total. The fourth-order valence-corrected chi connectivity index (χ4v) is 9.99. The monoisotopic (exact) mass is 658 g/mol. The maximum Gasteiger partial charge on any atom is 0.264 e. The molecule has 2 aromatic rings. The number of benzene rings is 2. The normalized spacial score (nSPS) is 33.2. The minimum atomic E-state index is -3.90. The fourth-order valence-electron chi connectivity index (χ4n) is 8.48. The zero-order chi connectivity index (χ0) is 32.0. The number of carbonyl (C=O) groups is 1. The third-order valence-corrected chi connectivity index (χ3v) is 13.6. The molecule has 6 atom stereocenters. The van der Waals surface area contributed by atoms with Gasteiger partial charge < -0.3 is 19.1 Å². The van der Waals surface area contributed by atoms with Crippen LogP contribution in [0.1, 0.15) is 80.3 Å². The number of methoxy groups -OCH3 is 2. The number of hydrogen-bond donors (Lipinski definition) is 1. The van der Waals surface area contributed by atoms with Gasteiger partial charge in [0.25, 0.3) is 5.91 Å². The van der Waals surface area contributed by atoms with Crippen LogP contribution in [0.3, 0.4) is 0 Å². The van der Waals surface area contributed by atoms with Crippen molar-refractivity contribution >= 4 is 33.2 Å². The maximum absolute atomic E-state index is 13.5. The third-order valence-electron chi connectivity index (χ3n) is 11.4. The lowest BCUT2D eigenvalue weighted by molar-refractivity contribution is -0.147. The van der Waals surface area contributed by atoms with E-state index < -0.39 is 26.8 Å². The molecule has 1 N–H and O–H groups in total. The van der Waals surface area contributed by atoms with E-state index in [1.54, 1.807) is 27.2 Å². The predicted octanol–water partition coefficient (Wildman–Crippen LogP) is 6.14. The number of ether oxygens (including phenoxy) is 3. The van der Waals surface area contributed by atoms with Crippen LogP contribution in [-0.4, -0.2) is 65.7 Å². The van der Waals surface area contributed by atoms with Gasteiger partial charge in [-0.1, -0.05) is 31.0 Å². The Morgan fingerprint density at radius 2 is 1.89 bits per heavy atom. The predicted molar refractivity (Wildman–Crippen MR) is 177 cm³/mol. The van der Waals surface area contributed by atoms with E-state index in [1.165, 1.54) is 11.1 Å². The first-order valence-corrected chi connectivity index (χ1v) is 18.3. The molecule has 246 valence electrons. The molecule has 2 aromatic carbocycles. The number of hydrogen-bond acceptors (Lipinski definition) is 7. The molecule has 0 saturated heterocycles. The Hall–Kier alpha value is -2.33. The second kappa shape index (κ2) is 12.7. The number of carbonyl (C=O) groups excluding carboxylic acids is 1. The van der Waals surface area contributed by atoms with Gasteiger partial charge in [-0.25, -0.2) is 13.1 Å². The Morgan fingerprint density at radius 3 is 2.62 bits per heavy atom. The van der Waals surface area contributed by atoms with Crippen molar-refractivity contribution in [1.82, 2.24) is 4.72 Å². The van der Waals surface area contributed by atoms with Gasteiger partial charge in [0.05, 0.1) is 29.8 Å². The maximum atomic E-state index is 13.5. The highest BCUT2D eigenvalue weighted by atomic mass is 35.5. The van der Waals surface area contributed by atoms with Crippen LogP contribution in [0.15, 0.2) is 36.4 Å². The minimum Gasteiger partial charge on any atom is -0.490 e. The van der Waals surface area contributed by atoms with Gasteiger partial charge in [0.15, 0.2) is 0 Å². The molecule has 0 aromatic heterocycles. The molecule has 1 spiro atoms. The standard InChI is InChI=1S/C35H47ClN2O6S/c1-23-7-5-16-35(43-4,22-42-3)30-12-9-27(30)19-38-20-34(15-6-8-25-17-28(36)11-13-29(25)34)21-44-32-14-10-26(18-31(32)38)33(39)37-45(40,41)24(23)2/h10-11,13-14,17-18,23-24,27,30H,5-9,12,15-16,19-22H2,1-4H3,(H,37,39)/t23-,24+,27-,30+,34-,35+/m0/s1. The second-order valence-electron chi connectivity index (χ2n) is 14.0. The summed E-state index contributed by atoms with van der Waals surface area (Å²) in [6.07, 6.45) is 7.42. The van der Waals surface area contributed by atoms with E-state index in [1.807, 2.05) is 25.1 Å². The van der Waals surface area contributed by atoms with Crippen LogP contribution < -0.4 is 14.4 Å². The summed E-state index contributed by atoms with van der Waals surface area (Å²) in [6, 6.07) is 11.5. The highest BCUT2D eigenvalue weighted by molar-refractivity contribution is 7.90. The number of anilines is 1. The van der Waals surface area contributed by atoms with Gasteiger partial charge in [0.1, 0.15) is 5.75 Å². The number of sulfonamides is 1. The highest BCUT2D eigenvalue weighted by Gasteiger charge is 2.50. The molecular formula is C35H47ClN2O6S. The molecule has 4 aliphatic rings. The van der Waals surface area contributed by atoms with Crippen LogP contribution in [0.25, 0.3) is 0 Å². The number of nitrogens with one attached hydrogen (secondary N) is 1. The molecule has 1 fully saturated rings. The van der Waals surface area contributed by atoms with Gasteiger partial charge in [0.2, 0.25) is 10.0 Å². The first-order valence-electron chi connectivity index (χ1n) is 16.4. The van der Waals surface area contributed by atoms with Crippen molar-refractivity contribution in [2.24, 2.45) is 17.8 Å². The molecular weight excluding hydrogens is 612 g/mol. The van der Waals surface area contributed by atoms with E-state index >= 15 is 0 Å². The van der Waals surface area contributed by atoms with Crippen molar-refractivity contribution in [1.29, 1.82) is 0 Å². The molecule has 1 amide bonds.